The molecule has 2 aromatic carbocycles. The number of thiophene rings is 1. The summed E-state index contributed by atoms with van der Waals surface area (Å²) < 4.78 is 0. The number of nitrogens with one attached hydrogen (secondary N) is 3. The Morgan fingerprint density at radius 1 is 0.972 bits per heavy atom. The minimum absolute atomic E-state index is 0.0809. The molecule has 0 saturated heterocycles. The largest absolute Gasteiger partial charge is 0.353 e. The lowest BCUT2D eigenvalue weighted by molar-refractivity contribution is -0.117. The van der Waals surface area contributed by atoms with Gasteiger partial charge in [0.2, 0.25) is 5.91 Å². The van der Waals surface area contributed by atoms with Gasteiger partial charge in [-0.15, -0.1) is 11.3 Å². The Hall–Kier alpha value is -4.23. The van der Waals surface area contributed by atoms with E-state index in [9.17, 15) is 4.79 Å². The molecular weight excluding hydrogens is 466 g/mol. The predicted molar refractivity (Wildman–Crippen MR) is 146 cm³/mol. The molecule has 1 fully saturated rings. The van der Waals surface area contributed by atoms with Crippen molar-refractivity contribution in [3.05, 3.63) is 77.9 Å². The molecule has 6 nitrogen and oxygen atoms in total. The van der Waals surface area contributed by atoms with Crippen LogP contribution < -0.4 is 5.32 Å². The van der Waals surface area contributed by atoms with Gasteiger partial charge in [0.05, 0.1) is 23.1 Å². The van der Waals surface area contributed by atoms with Crippen LogP contribution in [0.4, 0.5) is 5.69 Å². The van der Waals surface area contributed by atoms with E-state index in [-0.39, 0.29) is 11.8 Å². The average Bonchev–Trinajstić information content (AvgIpc) is 3.30. The highest BCUT2D eigenvalue weighted by Gasteiger charge is 2.29. The van der Waals surface area contributed by atoms with Crippen molar-refractivity contribution in [2.45, 2.75) is 19.8 Å². The molecule has 4 aromatic heterocycles. The van der Waals surface area contributed by atoms with E-state index in [1.807, 2.05) is 18.3 Å². The van der Waals surface area contributed by atoms with Crippen molar-refractivity contribution in [1.29, 1.82) is 0 Å². The maximum absolute atomic E-state index is 12.2. The van der Waals surface area contributed by atoms with E-state index >= 15 is 0 Å². The van der Waals surface area contributed by atoms with Gasteiger partial charge in [0.25, 0.3) is 0 Å². The van der Waals surface area contributed by atoms with Crippen LogP contribution in [0.5, 0.6) is 0 Å². The molecule has 0 aliphatic heterocycles. The molecule has 0 bridgehead atoms. The van der Waals surface area contributed by atoms with E-state index in [1.165, 1.54) is 20.7 Å². The molecule has 1 aliphatic rings. The van der Waals surface area contributed by atoms with Crippen molar-refractivity contribution < 1.29 is 4.79 Å². The normalized spacial score (nSPS) is 13.5. The number of rotatable bonds is 5. The highest BCUT2D eigenvalue weighted by atomic mass is 32.1. The molecule has 3 N–H and O–H groups in total. The molecule has 1 amide bonds. The standard InChI is InChI=1S/C29H23N5OS/c1-16-5-10-27(36-16)21-3-2-4-24-22(21)13-26(32-24)28-23-12-18(8-9-25(23)33-34-28)19-11-20(15-30-14-19)31-29(35)17-6-7-17/h2-5,8-15,17,32H,6-7H2,1H3,(H,31,35)(H,33,34). The van der Waals surface area contributed by atoms with Crippen LogP contribution in [0.25, 0.3) is 54.8 Å². The Morgan fingerprint density at radius 2 is 1.89 bits per heavy atom. The zero-order valence-corrected chi connectivity index (χ0v) is 20.4. The van der Waals surface area contributed by atoms with Crippen LogP contribution in [0.1, 0.15) is 17.7 Å². The molecule has 7 rings (SSSR count). The van der Waals surface area contributed by atoms with E-state index in [2.05, 4.69) is 80.9 Å². The number of benzene rings is 2. The van der Waals surface area contributed by atoms with Crippen LogP contribution in [0, 0.1) is 12.8 Å². The molecule has 0 radical (unpaired) electrons. The van der Waals surface area contributed by atoms with E-state index < -0.39 is 0 Å². The van der Waals surface area contributed by atoms with Gasteiger partial charge in [-0.2, -0.15) is 5.10 Å². The molecular formula is C29H23N5OS. The summed E-state index contributed by atoms with van der Waals surface area (Å²) >= 11 is 1.81. The van der Waals surface area contributed by atoms with Crippen molar-refractivity contribution >= 4 is 44.7 Å². The van der Waals surface area contributed by atoms with Crippen molar-refractivity contribution in [3.63, 3.8) is 0 Å². The van der Waals surface area contributed by atoms with E-state index in [1.54, 1.807) is 17.5 Å². The second-order valence-corrected chi connectivity index (χ2v) is 10.7. The quantitative estimate of drug-likeness (QED) is 0.240. The number of H-pyrrole nitrogens is 2. The van der Waals surface area contributed by atoms with Crippen LogP contribution in [0.2, 0.25) is 0 Å². The number of amides is 1. The van der Waals surface area contributed by atoms with Crippen LogP contribution in [-0.4, -0.2) is 26.1 Å². The summed E-state index contributed by atoms with van der Waals surface area (Å²) in [6.07, 6.45) is 5.47. The van der Waals surface area contributed by atoms with Gasteiger partial charge in [0.15, 0.2) is 0 Å². The molecule has 1 aliphatic carbocycles. The van der Waals surface area contributed by atoms with Gasteiger partial charge in [-0.3, -0.25) is 14.9 Å². The molecule has 0 spiro atoms. The summed E-state index contributed by atoms with van der Waals surface area (Å²) in [7, 11) is 0. The van der Waals surface area contributed by atoms with Gasteiger partial charge >= 0.3 is 0 Å². The van der Waals surface area contributed by atoms with E-state index in [0.717, 1.165) is 57.5 Å². The van der Waals surface area contributed by atoms with Gasteiger partial charge in [0, 0.05) is 49.3 Å². The summed E-state index contributed by atoms with van der Waals surface area (Å²) in [5.41, 5.74) is 7.82. The van der Waals surface area contributed by atoms with Gasteiger partial charge < -0.3 is 10.3 Å². The fourth-order valence-electron chi connectivity index (χ4n) is 4.73. The topological polar surface area (TPSA) is 86.5 Å². The highest BCUT2D eigenvalue weighted by molar-refractivity contribution is 7.15. The molecule has 176 valence electrons. The van der Waals surface area contributed by atoms with E-state index in [4.69, 9.17) is 0 Å². The van der Waals surface area contributed by atoms with Crippen molar-refractivity contribution in [3.8, 4) is 33.0 Å². The van der Waals surface area contributed by atoms with Crippen molar-refractivity contribution in [2.24, 2.45) is 5.92 Å². The number of anilines is 1. The van der Waals surface area contributed by atoms with Gasteiger partial charge in [-0.05, 0) is 67.8 Å². The first-order chi connectivity index (χ1) is 17.6. The van der Waals surface area contributed by atoms with Crippen LogP contribution in [0.3, 0.4) is 0 Å². The van der Waals surface area contributed by atoms with Gasteiger partial charge in [0.1, 0.15) is 5.69 Å². The monoisotopic (exact) mass is 489 g/mol. The summed E-state index contributed by atoms with van der Waals surface area (Å²) in [6, 6.07) is 21.1. The first-order valence-electron chi connectivity index (χ1n) is 12.1. The summed E-state index contributed by atoms with van der Waals surface area (Å²) in [5, 5.41) is 13.0. The minimum Gasteiger partial charge on any atom is -0.353 e. The predicted octanol–water partition coefficient (Wildman–Crippen LogP) is 7.16. The summed E-state index contributed by atoms with van der Waals surface area (Å²) in [4.78, 5) is 22.7. The van der Waals surface area contributed by atoms with E-state index in [0.29, 0.717) is 0 Å². The first kappa shape index (κ1) is 21.1. The lowest BCUT2D eigenvalue weighted by Gasteiger charge is -2.07. The number of hydrogen-bond donors (Lipinski definition) is 3. The molecule has 7 heteroatoms. The van der Waals surface area contributed by atoms with Crippen LogP contribution >= 0.6 is 11.3 Å². The maximum atomic E-state index is 12.2. The third kappa shape index (κ3) is 3.69. The van der Waals surface area contributed by atoms with Crippen molar-refractivity contribution in [2.75, 3.05) is 5.32 Å². The van der Waals surface area contributed by atoms with Gasteiger partial charge in [-0.25, -0.2) is 0 Å². The Bertz CT molecular complexity index is 1770. The average molecular weight is 490 g/mol. The van der Waals surface area contributed by atoms with Crippen LogP contribution in [0.15, 0.2) is 73.1 Å². The Balaban J connectivity index is 1.28. The lowest BCUT2D eigenvalue weighted by Crippen LogP contribution is -2.13. The lowest BCUT2D eigenvalue weighted by atomic mass is 10.0. The van der Waals surface area contributed by atoms with Gasteiger partial charge in [-0.1, -0.05) is 18.2 Å². The number of aromatic nitrogens is 4. The third-order valence-electron chi connectivity index (χ3n) is 6.78. The van der Waals surface area contributed by atoms with Crippen LogP contribution in [-0.2, 0) is 4.79 Å². The first-order valence-corrected chi connectivity index (χ1v) is 12.9. The van der Waals surface area contributed by atoms with Crippen molar-refractivity contribution in [1.82, 2.24) is 20.2 Å². The number of aryl methyl sites for hydroxylation is 1. The highest BCUT2D eigenvalue weighted by Crippen LogP contribution is 2.37. The Morgan fingerprint density at radius 3 is 2.72 bits per heavy atom. The molecule has 4 heterocycles. The molecule has 1 saturated carbocycles. The second kappa shape index (κ2) is 8.17. The second-order valence-electron chi connectivity index (χ2n) is 9.42. The number of carbonyl (C=O) groups is 1. The minimum atomic E-state index is 0.0809. The number of hydrogen-bond acceptors (Lipinski definition) is 4. The Labute approximate surface area is 211 Å². The number of nitrogens with zero attached hydrogens (tertiary/aromatic N) is 2. The number of fused-ring (bicyclic) bond motifs is 2. The maximum Gasteiger partial charge on any atom is 0.227 e. The fourth-order valence-corrected chi connectivity index (χ4v) is 5.64. The zero-order chi connectivity index (χ0) is 24.2. The molecule has 36 heavy (non-hydrogen) atoms. The number of aromatic amines is 2. The fraction of sp³-hybridized carbons (Fsp3) is 0.138. The number of carbonyl (C=O) groups excluding carboxylic acids is 1. The Kier molecular flexibility index (Phi) is 4.79. The zero-order valence-electron chi connectivity index (χ0n) is 19.6. The smallest absolute Gasteiger partial charge is 0.227 e. The third-order valence-corrected chi connectivity index (χ3v) is 7.81. The summed E-state index contributed by atoms with van der Waals surface area (Å²) in [6.45, 7) is 2.14. The SMILES string of the molecule is Cc1ccc(-c2cccc3[nH]c(-c4n[nH]c5ccc(-c6cncc(NC(=O)C7CC7)c6)cc45)cc23)s1. The molecule has 6 aromatic rings. The summed E-state index contributed by atoms with van der Waals surface area (Å²) in [5.74, 6) is 0.233. The molecule has 0 unspecified atom stereocenters. The molecule has 0 atom stereocenters. The number of pyridine rings is 1.